The molecular weight excluding hydrogens is 316 g/mol. The van der Waals surface area contributed by atoms with Crippen molar-refractivity contribution in [3.05, 3.63) is 65.7 Å². The molecule has 5 nitrogen and oxygen atoms in total. The highest BCUT2D eigenvalue weighted by Gasteiger charge is 2.07. The fourth-order valence-electron chi connectivity index (χ4n) is 2.40. The fourth-order valence-corrected chi connectivity index (χ4v) is 2.40. The van der Waals surface area contributed by atoms with Gasteiger partial charge in [0.25, 0.3) is 0 Å². The van der Waals surface area contributed by atoms with Gasteiger partial charge in [-0.25, -0.2) is 0 Å². The van der Waals surface area contributed by atoms with Crippen LogP contribution in [0.3, 0.4) is 0 Å². The largest absolute Gasteiger partial charge is 0.491 e. The van der Waals surface area contributed by atoms with E-state index in [0.717, 1.165) is 17.9 Å². The predicted octanol–water partition coefficient (Wildman–Crippen LogP) is 2.46. The maximum Gasteiger partial charge on any atom is 0.234 e. The molecular formula is C20H26N2O3. The second-order valence-corrected chi connectivity index (χ2v) is 5.92. The zero-order valence-electron chi connectivity index (χ0n) is 14.9. The van der Waals surface area contributed by atoms with Crippen molar-refractivity contribution in [1.82, 2.24) is 10.2 Å². The van der Waals surface area contributed by atoms with E-state index < -0.39 is 0 Å². The molecule has 0 saturated carbocycles. The number of nitrogens with one attached hydrogen (secondary N) is 1. The summed E-state index contributed by atoms with van der Waals surface area (Å²) in [5.74, 6) is 0.813. The van der Waals surface area contributed by atoms with Crippen LogP contribution in [-0.2, 0) is 22.6 Å². The maximum atomic E-state index is 12.1. The first-order chi connectivity index (χ1) is 12.2. The number of likely N-dealkylation sites (N-methyl/N-ethyl adjacent to an activating group) is 1. The Balaban J connectivity index is 1.70. The minimum atomic E-state index is 0.0128. The maximum absolute atomic E-state index is 12.1. The van der Waals surface area contributed by atoms with Crippen molar-refractivity contribution in [2.45, 2.75) is 13.1 Å². The molecule has 2 aromatic rings. The molecule has 1 N–H and O–H groups in total. The van der Waals surface area contributed by atoms with Crippen LogP contribution in [-0.4, -0.2) is 44.7 Å². The summed E-state index contributed by atoms with van der Waals surface area (Å²) >= 11 is 0. The van der Waals surface area contributed by atoms with Gasteiger partial charge in [-0.05, 0) is 30.3 Å². The third-order valence-electron chi connectivity index (χ3n) is 3.68. The van der Waals surface area contributed by atoms with Crippen molar-refractivity contribution in [1.29, 1.82) is 0 Å². The van der Waals surface area contributed by atoms with E-state index in [1.54, 1.807) is 7.11 Å². The molecule has 2 rings (SSSR count). The summed E-state index contributed by atoms with van der Waals surface area (Å²) in [7, 11) is 3.59. The van der Waals surface area contributed by atoms with E-state index in [0.29, 0.717) is 26.3 Å². The smallest absolute Gasteiger partial charge is 0.234 e. The Morgan fingerprint density at radius 2 is 1.72 bits per heavy atom. The van der Waals surface area contributed by atoms with Crippen LogP contribution in [0.25, 0.3) is 0 Å². The normalized spacial score (nSPS) is 10.7. The van der Waals surface area contributed by atoms with E-state index in [1.807, 2.05) is 54.4 Å². The van der Waals surface area contributed by atoms with Gasteiger partial charge >= 0.3 is 0 Å². The molecule has 0 atom stereocenters. The van der Waals surface area contributed by atoms with Gasteiger partial charge in [0.1, 0.15) is 12.4 Å². The highest BCUT2D eigenvalue weighted by atomic mass is 16.5. The van der Waals surface area contributed by atoms with Crippen molar-refractivity contribution >= 4 is 5.91 Å². The van der Waals surface area contributed by atoms with Crippen molar-refractivity contribution in [2.24, 2.45) is 0 Å². The average molecular weight is 342 g/mol. The highest BCUT2D eigenvalue weighted by molar-refractivity contribution is 5.77. The van der Waals surface area contributed by atoms with E-state index in [9.17, 15) is 4.79 Å². The Kier molecular flexibility index (Phi) is 7.95. The van der Waals surface area contributed by atoms with Crippen LogP contribution < -0.4 is 10.1 Å². The SMILES string of the molecule is COCCOc1ccc(CNC(=O)CN(C)Cc2ccccc2)cc1. The first kappa shape index (κ1) is 19.0. The minimum Gasteiger partial charge on any atom is -0.491 e. The number of ether oxygens (including phenoxy) is 2. The van der Waals surface area contributed by atoms with Crippen molar-refractivity contribution in [3.63, 3.8) is 0 Å². The van der Waals surface area contributed by atoms with Gasteiger partial charge in [-0.3, -0.25) is 9.69 Å². The summed E-state index contributed by atoms with van der Waals surface area (Å²) in [4.78, 5) is 14.1. The molecule has 2 aromatic carbocycles. The third kappa shape index (κ3) is 7.37. The summed E-state index contributed by atoms with van der Waals surface area (Å²) in [6.45, 7) is 2.72. The molecule has 25 heavy (non-hydrogen) atoms. The lowest BCUT2D eigenvalue weighted by molar-refractivity contribution is -0.122. The lowest BCUT2D eigenvalue weighted by Crippen LogP contribution is -2.34. The summed E-state index contributed by atoms with van der Waals surface area (Å²) in [6, 6.07) is 17.8. The third-order valence-corrected chi connectivity index (χ3v) is 3.68. The van der Waals surface area contributed by atoms with E-state index in [-0.39, 0.29) is 5.91 Å². The zero-order chi connectivity index (χ0) is 17.9. The zero-order valence-corrected chi connectivity index (χ0v) is 14.9. The second-order valence-electron chi connectivity index (χ2n) is 5.92. The number of rotatable bonds is 10. The Morgan fingerprint density at radius 3 is 2.40 bits per heavy atom. The van der Waals surface area contributed by atoms with Crippen LogP contribution in [0.1, 0.15) is 11.1 Å². The molecule has 0 aliphatic rings. The molecule has 5 heteroatoms. The highest BCUT2D eigenvalue weighted by Crippen LogP contribution is 2.12. The average Bonchev–Trinajstić information content (AvgIpc) is 2.62. The number of methoxy groups -OCH3 is 1. The Hall–Kier alpha value is -2.37. The fraction of sp³-hybridized carbons (Fsp3) is 0.350. The van der Waals surface area contributed by atoms with Gasteiger partial charge in [0.05, 0.1) is 13.2 Å². The predicted molar refractivity (Wildman–Crippen MR) is 98.4 cm³/mol. The Morgan fingerprint density at radius 1 is 1.00 bits per heavy atom. The van der Waals surface area contributed by atoms with Crippen LogP contribution in [0.4, 0.5) is 0 Å². The summed E-state index contributed by atoms with van der Waals surface area (Å²) in [6.07, 6.45) is 0. The van der Waals surface area contributed by atoms with Crippen LogP contribution >= 0.6 is 0 Å². The first-order valence-electron chi connectivity index (χ1n) is 8.37. The first-order valence-corrected chi connectivity index (χ1v) is 8.37. The molecule has 0 saturated heterocycles. The summed E-state index contributed by atoms with van der Waals surface area (Å²) in [5, 5.41) is 2.95. The monoisotopic (exact) mass is 342 g/mol. The van der Waals surface area contributed by atoms with Gasteiger partial charge in [0.2, 0.25) is 5.91 Å². The number of hydrogen-bond acceptors (Lipinski definition) is 4. The number of amides is 1. The van der Waals surface area contributed by atoms with Gasteiger partial charge in [0.15, 0.2) is 0 Å². The quantitative estimate of drug-likeness (QED) is 0.674. The lowest BCUT2D eigenvalue weighted by atomic mass is 10.2. The van der Waals surface area contributed by atoms with Gasteiger partial charge in [-0.2, -0.15) is 0 Å². The molecule has 0 aromatic heterocycles. The van der Waals surface area contributed by atoms with E-state index in [1.165, 1.54) is 5.56 Å². The van der Waals surface area contributed by atoms with Crippen molar-refractivity contribution in [2.75, 3.05) is 33.9 Å². The standard InChI is InChI=1S/C20H26N2O3/c1-22(15-18-6-4-3-5-7-18)16-20(23)21-14-17-8-10-19(11-9-17)25-13-12-24-2/h3-11H,12-16H2,1-2H3,(H,21,23). The molecule has 0 aliphatic carbocycles. The van der Waals surface area contributed by atoms with Crippen LogP contribution in [0.2, 0.25) is 0 Å². The van der Waals surface area contributed by atoms with Gasteiger partial charge < -0.3 is 14.8 Å². The number of hydrogen-bond donors (Lipinski definition) is 1. The van der Waals surface area contributed by atoms with E-state index in [2.05, 4.69) is 17.4 Å². The van der Waals surface area contributed by atoms with Gasteiger partial charge in [0, 0.05) is 20.2 Å². The van der Waals surface area contributed by atoms with Crippen molar-refractivity contribution in [3.8, 4) is 5.75 Å². The number of carbonyl (C=O) groups is 1. The molecule has 0 heterocycles. The van der Waals surface area contributed by atoms with Gasteiger partial charge in [-0.15, -0.1) is 0 Å². The van der Waals surface area contributed by atoms with Gasteiger partial charge in [-0.1, -0.05) is 42.5 Å². The lowest BCUT2D eigenvalue weighted by Gasteiger charge is -2.16. The molecule has 1 amide bonds. The summed E-state index contributed by atoms with van der Waals surface area (Å²) in [5.41, 5.74) is 2.24. The minimum absolute atomic E-state index is 0.0128. The number of nitrogens with zero attached hydrogens (tertiary/aromatic N) is 1. The molecule has 0 radical (unpaired) electrons. The number of carbonyl (C=O) groups excluding carboxylic acids is 1. The number of benzene rings is 2. The molecule has 0 bridgehead atoms. The van der Waals surface area contributed by atoms with Crippen LogP contribution in [0, 0.1) is 0 Å². The summed E-state index contributed by atoms with van der Waals surface area (Å²) < 4.78 is 10.5. The molecule has 134 valence electrons. The molecule has 0 unspecified atom stereocenters. The van der Waals surface area contributed by atoms with Crippen LogP contribution in [0.5, 0.6) is 5.75 Å². The van der Waals surface area contributed by atoms with Crippen LogP contribution in [0.15, 0.2) is 54.6 Å². The molecule has 0 spiro atoms. The van der Waals surface area contributed by atoms with Crippen molar-refractivity contribution < 1.29 is 14.3 Å². The Labute approximate surface area is 149 Å². The second kappa shape index (κ2) is 10.5. The molecule has 0 fully saturated rings. The van der Waals surface area contributed by atoms with E-state index in [4.69, 9.17) is 9.47 Å². The van der Waals surface area contributed by atoms with E-state index >= 15 is 0 Å². The molecule has 0 aliphatic heterocycles. The topological polar surface area (TPSA) is 50.8 Å². The Bertz CT molecular complexity index is 629.